The first kappa shape index (κ1) is 20.5. The topological polar surface area (TPSA) is 9.23 Å². The molecule has 0 N–H and O–H groups in total. The van der Waals surface area contributed by atoms with Crippen LogP contribution in [0.25, 0.3) is 17.2 Å². The Morgan fingerprint density at radius 2 is 1.57 bits per heavy atom. The first-order valence-electron chi connectivity index (χ1n) is 9.28. The summed E-state index contributed by atoms with van der Waals surface area (Å²) < 4.78 is 6.23. The molecule has 0 heterocycles. The second kappa shape index (κ2) is 8.43. The minimum atomic E-state index is 0.109. The van der Waals surface area contributed by atoms with Gasteiger partial charge in [-0.2, -0.15) is 0 Å². The van der Waals surface area contributed by atoms with Crippen LogP contribution in [0, 0.1) is 0 Å². The Kier molecular flexibility index (Phi) is 6.17. The Morgan fingerprint density at radius 3 is 2.21 bits per heavy atom. The molecule has 0 aliphatic heterocycles. The first-order valence-corrected chi connectivity index (χ1v) is 10.0. The summed E-state index contributed by atoms with van der Waals surface area (Å²) in [4.78, 5) is 0. The zero-order chi connectivity index (χ0) is 20.3. The number of benzene rings is 3. The van der Waals surface area contributed by atoms with Crippen molar-refractivity contribution < 1.29 is 4.74 Å². The number of allylic oxidation sites excluding steroid dienone is 1. The fraction of sp³-hybridized carbons (Fsp3) is 0.200. The third kappa shape index (κ3) is 4.79. The Labute approximate surface area is 177 Å². The van der Waals surface area contributed by atoms with Crippen LogP contribution in [-0.2, 0) is 5.41 Å². The van der Waals surface area contributed by atoms with Crippen LogP contribution in [-0.4, -0.2) is 0 Å². The Morgan fingerprint density at radius 1 is 0.857 bits per heavy atom. The monoisotopic (exact) mass is 410 g/mol. The van der Waals surface area contributed by atoms with Crippen LogP contribution in [0.4, 0.5) is 0 Å². The molecule has 0 aliphatic rings. The molecule has 3 aromatic rings. The van der Waals surface area contributed by atoms with Crippen molar-refractivity contribution >= 4 is 29.3 Å². The number of rotatable bonds is 4. The molecule has 3 aromatic carbocycles. The fourth-order valence-corrected chi connectivity index (χ4v) is 3.37. The molecule has 0 atom stereocenters. The molecule has 0 fully saturated rings. The van der Waals surface area contributed by atoms with Gasteiger partial charge in [0.15, 0.2) is 0 Å². The minimum Gasteiger partial charge on any atom is -0.457 e. The van der Waals surface area contributed by atoms with Gasteiger partial charge in [0.2, 0.25) is 0 Å². The molecule has 0 bridgehead atoms. The molecule has 0 radical (unpaired) electrons. The van der Waals surface area contributed by atoms with Crippen LogP contribution in [0.3, 0.4) is 0 Å². The highest BCUT2D eigenvalue weighted by molar-refractivity contribution is 6.35. The van der Waals surface area contributed by atoms with Crippen molar-refractivity contribution in [1.29, 1.82) is 0 Å². The molecule has 0 saturated heterocycles. The minimum absolute atomic E-state index is 0.109. The summed E-state index contributed by atoms with van der Waals surface area (Å²) in [5, 5.41) is 1.31. The SMILES string of the molecule is C/C=C/c1ccc(-c2cc(Cl)ccc2Cl)cc1Oc1ccc(C(C)(C)C)cc1. The van der Waals surface area contributed by atoms with Gasteiger partial charge < -0.3 is 4.74 Å². The molecule has 0 spiro atoms. The average Bonchev–Trinajstić information content (AvgIpc) is 2.65. The lowest BCUT2D eigenvalue weighted by molar-refractivity contribution is 0.480. The maximum Gasteiger partial charge on any atom is 0.135 e. The van der Waals surface area contributed by atoms with Crippen LogP contribution in [0.15, 0.2) is 66.7 Å². The lowest BCUT2D eigenvalue weighted by atomic mass is 9.87. The predicted molar refractivity (Wildman–Crippen MR) is 122 cm³/mol. The van der Waals surface area contributed by atoms with Gasteiger partial charge in [0, 0.05) is 21.2 Å². The highest BCUT2D eigenvalue weighted by Crippen LogP contribution is 2.36. The Hall–Kier alpha value is -2.22. The van der Waals surface area contributed by atoms with Gasteiger partial charge in [-0.25, -0.2) is 0 Å². The van der Waals surface area contributed by atoms with Crippen LogP contribution < -0.4 is 4.74 Å². The van der Waals surface area contributed by atoms with E-state index in [1.807, 2.05) is 61.5 Å². The molecule has 0 saturated carbocycles. The van der Waals surface area contributed by atoms with E-state index in [0.29, 0.717) is 10.0 Å². The second-order valence-corrected chi connectivity index (χ2v) is 8.60. The molecule has 144 valence electrons. The van der Waals surface area contributed by atoms with Crippen LogP contribution in [0.5, 0.6) is 11.5 Å². The van der Waals surface area contributed by atoms with Crippen molar-refractivity contribution in [2.45, 2.75) is 33.1 Å². The molecule has 0 aliphatic carbocycles. The van der Waals surface area contributed by atoms with Crippen molar-refractivity contribution in [1.82, 2.24) is 0 Å². The van der Waals surface area contributed by atoms with E-state index < -0.39 is 0 Å². The zero-order valence-electron chi connectivity index (χ0n) is 16.6. The van der Waals surface area contributed by atoms with Crippen molar-refractivity contribution in [3.63, 3.8) is 0 Å². The standard InChI is InChI=1S/C25H24Cl2O/c1-5-6-17-7-8-18(22-16-20(26)11-14-23(22)27)15-24(17)28-21-12-9-19(10-13-21)25(2,3)4/h5-16H,1-4H3/b6-5+. The van der Waals surface area contributed by atoms with Crippen molar-refractivity contribution in [2.24, 2.45) is 0 Å². The Balaban J connectivity index is 2.00. The molecule has 1 nitrogen and oxygen atoms in total. The number of ether oxygens (including phenoxy) is 1. The molecule has 0 amide bonds. The molecule has 3 rings (SSSR count). The molecule has 0 aromatic heterocycles. The van der Waals surface area contributed by atoms with E-state index >= 15 is 0 Å². The second-order valence-electron chi connectivity index (χ2n) is 7.75. The summed E-state index contributed by atoms with van der Waals surface area (Å²) in [6, 6.07) is 19.8. The highest BCUT2D eigenvalue weighted by Gasteiger charge is 2.14. The number of halogens is 2. The van der Waals surface area contributed by atoms with Gasteiger partial charge in [-0.1, -0.05) is 80.4 Å². The van der Waals surface area contributed by atoms with Crippen molar-refractivity contribution in [3.8, 4) is 22.6 Å². The number of hydrogen-bond acceptors (Lipinski definition) is 1. The summed E-state index contributed by atoms with van der Waals surface area (Å²) >= 11 is 12.6. The smallest absolute Gasteiger partial charge is 0.135 e. The Bertz CT molecular complexity index is 996. The van der Waals surface area contributed by atoms with Crippen LogP contribution >= 0.6 is 23.2 Å². The summed E-state index contributed by atoms with van der Waals surface area (Å²) in [7, 11) is 0. The molecule has 0 unspecified atom stereocenters. The third-order valence-corrected chi connectivity index (χ3v) is 5.11. The van der Waals surface area contributed by atoms with Gasteiger partial charge in [0.05, 0.1) is 0 Å². The van der Waals surface area contributed by atoms with Gasteiger partial charge in [-0.3, -0.25) is 0 Å². The summed E-state index contributed by atoms with van der Waals surface area (Å²) in [5.74, 6) is 1.57. The third-order valence-electron chi connectivity index (χ3n) is 4.55. The van der Waals surface area contributed by atoms with Gasteiger partial charge >= 0.3 is 0 Å². The van der Waals surface area contributed by atoms with E-state index in [1.54, 1.807) is 6.07 Å². The zero-order valence-corrected chi connectivity index (χ0v) is 18.1. The molecule has 28 heavy (non-hydrogen) atoms. The van der Waals surface area contributed by atoms with Crippen molar-refractivity contribution in [2.75, 3.05) is 0 Å². The van der Waals surface area contributed by atoms with Gasteiger partial charge in [-0.05, 0) is 59.9 Å². The molecular formula is C25H24Cl2O. The van der Waals surface area contributed by atoms with Crippen LogP contribution in [0.2, 0.25) is 10.0 Å². The summed E-state index contributed by atoms with van der Waals surface area (Å²) in [6.07, 6.45) is 4.03. The average molecular weight is 411 g/mol. The predicted octanol–water partition coefficient (Wildman–Crippen LogP) is 8.78. The summed E-state index contributed by atoms with van der Waals surface area (Å²) in [5.41, 5.74) is 4.23. The summed E-state index contributed by atoms with van der Waals surface area (Å²) in [6.45, 7) is 8.59. The van der Waals surface area contributed by atoms with Crippen molar-refractivity contribution in [3.05, 3.63) is 87.9 Å². The largest absolute Gasteiger partial charge is 0.457 e. The number of hydrogen-bond donors (Lipinski definition) is 0. The van der Waals surface area contributed by atoms with E-state index in [2.05, 4.69) is 32.9 Å². The molecular weight excluding hydrogens is 387 g/mol. The highest BCUT2D eigenvalue weighted by atomic mass is 35.5. The van der Waals surface area contributed by atoms with E-state index in [0.717, 1.165) is 28.2 Å². The maximum absolute atomic E-state index is 6.39. The first-order chi connectivity index (χ1) is 13.3. The van der Waals surface area contributed by atoms with E-state index in [9.17, 15) is 0 Å². The lowest BCUT2D eigenvalue weighted by Crippen LogP contribution is -2.10. The quantitative estimate of drug-likeness (QED) is 0.417. The van der Waals surface area contributed by atoms with E-state index in [4.69, 9.17) is 27.9 Å². The normalized spacial score (nSPS) is 11.8. The van der Waals surface area contributed by atoms with E-state index in [-0.39, 0.29) is 5.41 Å². The van der Waals surface area contributed by atoms with Gasteiger partial charge in [0.1, 0.15) is 11.5 Å². The maximum atomic E-state index is 6.39. The van der Waals surface area contributed by atoms with Gasteiger partial charge in [0.25, 0.3) is 0 Å². The molecule has 3 heteroatoms. The fourth-order valence-electron chi connectivity index (χ4n) is 2.98. The van der Waals surface area contributed by atoms with Crippen LogP contribution in [0.1, 0.15) is 38.8 Å². The van der Waals surface area contributed by atoms with E-state index in [1.165, 1.54) is 5.56 Å². The lowest BCUT2D eigenvalue weighted by Gasteiger charge is -2.19. The van der Waals surface area contributed by atoms with Gasteiger partial charge in [-0.15, -0.1) is 0 Å².